The van der Waals surface area contributed by atoms with Gasteiger partial charge in [0.25, 0.3) is 0 Å². The summed E-state index contributed by atoms with van der Waals surface area (Å²) in [5.74, 6) is -1.50. The minimum absolute atomic E-state index is 0.0277. The van der Waals surface area contributed by atoms with E-state index in [2.05, 4.69) is 4.98 Å². The normalized spacial score (nSPS) is 13.7. The molecule has 0 aliphatic heterocycles. The molecule has 0 radical (unpaired) electrons. The Morgan fingerprint density at radius 2 is 1.91 bits per heavy atom. The highest BCUT2D eigenvalue weighted by molar-refractivity contribution is 8.00. The van der Waals surface area contributed by atoms with Crippen molar-refractivity contribution in [2.75, 3.05) is 13.4 Å². The molecule has 8 nitrogen and oxygen atoms in total. The molecule has 222 valence electrons. The molecule has 0 bridgehead atoms. The number of carboxylic acids is 1. The molecular formula is C31H28F2N4O4S2. The molecule has 5 aromatic rings. The molecule has 43 heavy (non-hydrogen) atoms. The van der Waals surface area contributed by atoms with Gasteiger partial charge in [0.05, 0.1) is 23.4 Å². The zero-order valence-corrected chi connectivity index (χ0v) is 25.0. The number of carbonyl (C=O) groups is 1. The molecule has 0 unspecified atom stereocenters. The molecular weight excluding hydrogens is 594 g/mol. The number of ether oxygens (including phenoxy) is 1. The second-order valence-corrected chi connectivity index (χ2v) is 13.9. The maximum absolute atomic E-state index is 15.2. The molecule has 3 aromatic carbocycles. The first-order chi connectivity index (χ1) is 20.5. The number of carboxylic acid groups (broad SMARTS) is 1. The number of hydrogen-bond donors (Lipinski definition) is 3. The van der Waals surface area contributed by atoms with Gasteiger partial charge < -0.3 is 9.84 Å². The van der Waals surface area contributed by atoms with Crippen molar-refractivity contribution >= 4 is 27.4 Å². The van der Waals surface area contributed by atoms with E-state index < -0.39 is 27.7 Å². The maximum atomic E-state index is 15.2. The Bertz CT molecular complexity index is 1930. The molecule has 2 aromatic heterocycles. The summed E-state index contributed by atoms with van der Waals surface area (Å²) in [6.45, 7) is 0. The summed E-state index contributed by atoms with van der Waals surface area (Å²) in [5, 5.41) is 22.0. The quantitative estimate of drug-likeness (QED) is 0.174. The predicted octanol–water partition coefficient (Wildman–Crippen LogP) is 6.00. The van der Waals surface area contributed by atoms with E-state index in [1.165, 1.54) is 29.8 Å². The Labute approximate surface area is 251 Å². The minimum Gasteiger partial charge on any atom is -0.497 e. The lowest BCUT2D eigenvalue weighted by molar-refractivity contribution is 0.0691. The number of hydrogen-bond acceptors (Lipinski definition) is 6. The lowest BCUT2D eigenvalue weighted by Crippen LogP contribution is -2.22. The Hall–Kier alpha value is -4.26. The van der Waals surface area contributed by atoms with Gasteiger partial charge in [-0.25, -0.2) is 23.2 Å². The summed E-state index contributed by atoms with van der Waals surface area (Å²) in [6.07, 6.45) is 3.37. The number of nitrogens with two attached hydrogens (primary N) is 1. The van der Waals surface area contributed by atoms with Gasteiger partial charge in [-0.3, -0.25) is 9.35 Å². The van der Waals surface area contributed by atoms with Crippen molar-refractivity contribution in [3.05, 3.63) is 100 Å². The van der Waals surface area contributed by atoms with Gasteiger partial charge in [-0.1, -0.05) is 18.2 Å². The number of halogens is 2. The molecule has 0 saturated heterocycles. The van der Waals surface area contributed by atoms with Gasteiger partial charge >= 0.3 is 5.97 Å². The van der Waals surface area contributed by atoms with Crippen molar-refractivity contribution < 1.29 is 27.6 Å². The van der Waals surface area contributed by atoms with Crippen LogP contribution in [0.15, 0.2) is 70.9 Å². The van der Waals surface area contributed by atoms with Crippen molar-refractivity contribution in [3.8, 4) is 33.3 Å². The van der Waals surface area contributed by atoms with Gasteiger partial charge in [0, 0.05) is 40.7 Å². The van der Waals surface area contributed by atoms with Crippen LogP contribution < -0.4 is 9.88 Å². The number of aromatic carboxylic acids is 1. The van der Waals surface area contributed by atoms with Gasteiger partial charge in [0.1, 0.15) is 17.4 Å². The van der Waals surface area contributed by atoms with Crippen molar-refractivity contribution in [1.82, 2.24) is 14.8 Å². The van der Waals surface area contributed by atoms with E-state index in [0.29, 0.717) is 38.8 Å². The summed E-state index contributed by atoms with van der Waals surface area (Å²) in [7, 11) is -1.77. The van der Waals surface area contributed by atoms with Gasteiger partial charge in [0.15, 0.2) is 5.69 Å². The predicted molar refractivity (Wildman–Crippen MR) is 163 cm³/mol. The molecule has 0 amide bonds. The van der Waals surface area contributed by atoms with Crippen LogP contribution in [0.3, 0.4) is 0 Å². The SMILES string of the molecule is COc1cccc(-c2cc(-c3nn(-c4nc(C(=O)O)cs4)c(C4CC4)c3Cc3ccc([SH](C)(N)=O)c(F)c3)ccc2F)c1. The fraction of sp³-hybridized carbons (Fsp3) is 0.194. The van der Waals surface area contributed by atoms with Gasteiger partial charge in [-0.05, 0) is 76.6 Å². The van der Waals surface area contributed by atoms with E-state index in [-0.39, 0.29) is 22.9 Å². The lowest BCUT2D eigenvalue weighted by atomic mass is 9.95. The topological polar surface area (TPSA) is 120 Å². The van der Waals surface area contributed by atoms with Crippen molar-refractivity contribution in [3.63, 3.8) is 0 Å². The van der Waals surface area contributed by atoms with E-state index in [9.17, 15) is 14.1 Å². The van der Waals surface area contributed by atoms with Gasteiger partial charge in [0.2, 0.25) is 5.13 Å². The number of thiazole rings is 1. The zero-order valence-electron chi connectivity index (χ0n) is 23.3. The summed E-state index contributed by atoms with van der Waals surface area (Å²) < 4.78 is 49.6. The van der Waals surface area contributed by atoms with Gasteiger partial charge in [-0.15, -0.1) is 11.3 Å². The van der Waals surface area contributed by atoms with Crippen molar-refractivity contribution in [1.29, 1.82) is 0 Å². The standard InChI is InChI=1S/C31H28F2N4O4S2/c1-41-21-5-3-4-19(14-21)22-15-20(9-10-24(22)32)28-23(12-17-6-11-27(25(33)13-17)43(2,34)40)29(18-7-8-18)37(36-28)31-35-26(16-42-31)30(38)39/h3-6,9-11,13-16,18,43H,7-8,12H2,1-2H3,(H2,34,40)(H,38,39). The summed E-state index contributed by atoms with van der Waals surface area (Å²) in [5.41, 5.74) is 4.30. The first kappa shape index (κ1) is 28.8. The van der Waals surface area contributed by atoms with Crippen molar-refractivity contribution in [2.24, 2.45) is 5.14 Å². The van der Waals surface area contributed by atoms with Crippen LogP contribution in [0, 0.1) is 11.6 Å². The molecule has 12 heteroatoms. The highest BCUT2D eigenvalue weighted by Crippen LogP contribution is 2.46. The molecule has 3 N–H and O–H groups in total. The second-order valence-electron chi connectivity index (χ2n) is 10.6. The van der Waals surface area contributed by atoms with Crippen molar-refractivity contribution in [2.45, 2.75) is 30.1 Å². The number of aromatic nitrogens is 3. The molecule has 1 aliphatic rings. The first-order valence-electron chi connectivity index (χ1n) is 13.4. The number of benzene rings is 3. The minimum atomic E-state index is -3.31. The van der Waals surface area contributed by atoms with Crippen LogP contribution in [0.2, 0.25) is 0 Å². The molecule has 0 spiro atoms. The van der Waals surface area contributed by atoms with E-state index in [1.807, 2.05) is 0 Å². The maximum Gasteiger partial charge on any atom is 0.355 e. The number of methoxy groups -OCH3 is 1. The molecule has 6 rings (SSSR count). The zero-order chi connectivity index (χ0) is 30.5. The largest absolute Gasteiger partial charge is 0.497 e. The molecule has 1 aliphatic carbocycles. The van der Waals surface area contributed by atoms with E-state index in [1.54, 1.807) is 54.3 Å². The van der Waals surface area contributed by atoms with Crippen LogP contribution in [0.4, 0.5) is 8.78 Å². The van der Waals surface area contributed by atoms with E-state index in [4.69, 9.17) is 15.0 Å². The summed E-state index contributed by atoms with van der Waals surface area (Å²) in [4.78, 5) is 15.9. The number of nitrogens with zero attached hydrogens (tertiary/aromatic N) is 3. The van der Waals surface area contributed by atoms with Crippen LogP contribution in [0.1, 0.15) is 46.1 Å². The monoisotopic (exact) mass is 622 g/mol. The van der Waals surface area contributed by atoms with Gasteiger partial charge in [-0.2, -0.15) is 5.10 Å². The third-order valence-electron chi connectivity index (χ3n) is 7.37. The average Bonchev–Trinajstić information content (AvgIpc) is 3.55. The summed E-state index contributed by atoms with van der Waals surface area (Å²) in [6, 6.07) is 16.3. The lowest BCUT2D eigenvalue weighted by Gasteiger charge is -2.15. The fourth-order valence-electron chi connectivity index (χ4n) is 5.16. The van der Waals surface area contributed by atoms with E-state index in [0.717, 1.165) is 35.4 Å². The molecule has 1 fully saturated rings. The van der Waals surface area contributed by atoms with Crippen LogP contribution in [-0.4, -0.2) is 43.4 Å². The molecule has 0 atom stereocenters. The second kappa shape index (κ2) is 11.1. The Morgan fingerprint density at radius 3 is 2.56 bits per heavy atom. The van der Waals surface area contributed by atoms with Crippen LogP contribution in [-0.2, 0) is 16.5 Å². The van der Waals surface area contributed by atoms with Crippen LogP contribution in [0.5, 0.6) is 5.75 Å². The number of rotatable bonds is 9. The third kappa shape index (κ3) is 5.73. The number of thiol groups is 1. The van der Waals surface area contributed by atoms with E-state index >= 15 is 8.78 Å². The first-order valence-corrected chi connectivity index (χ1v) is 16.5. The Balaban J connectivity index is 1.54. The summed E-state index contributed by atoms with van der Waals surface area (Å²) >= 11 is 1.16. The molecule has 2 heterocycles. The Kier molecular flexibility index (Phi) is 7.45. The van der Waals surface area contributed by atoms with Crippen LogP contribution in [0.25, 0.3) is 27.5 Å². The Morgan fingerprint density at radius 1 is 1.12 bits per heavy atom. The highest BCUT2D eigenvalue weighted by atomic mass is 32.3. The molecule has 1 saturated carbocycles. The smallest absolute Gasteiger partial charge is 0.355 e. The highest BCUT2D eigenvalue weighted by Gasteiger charge is 2.34. The van der Waals surface area contributed by atoms with Crippen LogP contribution >= 0.6 is 11.3 Å². The third-order valence-corrected chi connectivity index (χ3v) is 9.51. The average molecular weight is 623 g/mol. The fourth-order valence-corrected chi connectivity index (χ4v) is 6.78.